The van der Waals surface area contributed by atoms with Crippen LogP contribution in [0.3, 0.4) is 0 Å². The van der Waals surface area contributed by atoms with Crippen LogP contribution in [-0.4, -0.2) is 28.8 Å². The molecular weight excluding hydrogens is 429 g/mol. The number of amides is 2. The Kier molecular flexibility index (Phi) is 6.47. The quantitative estimate of drug-likeness (QED) is 0.352. The zero-order valence-corrected chi connectivity index (χ0v) is 18.0. The molecule has 3 aromatic carbocycles. The predicted octanol–water partition coefficient (Wildman–Crippen LogP) is 5.71. The third kappa shape index (κ3) is 5.12. The van der Waals surface area contributed by atoms with Gasteiger partial charge in [-0.1, -0.05) is 35.9 Å². The van der Waals surface area contributed by atoms with Crippen molar-refractivity contribution in [2.45, 2.75) is 13.0 Å². The standard InChI is InChI=1S/C24H21ClFN5O/c1-15(28-24(32)29-19-12-8-17(25)9-13-19)14-27-23-21-5-3-2-4-20(21)22(30-31-23)16-6-10-18(26)11-7-16/h2-13,15H,14H2,1H3,(H,27,31)(H2,28,29,32)/t15-/m0/s1. The molecule has 162 valence electrons. The van der Waals surface area contributed by atoms with E-state index >= 15 is 0 Å². The van der Waals surface area contributed by atoms with Gasteiger partial charge in [0, 0.05) is 39.6 Å². The van der Waals surface area contributed by atoms with Gasteiger partial charge in [-0.05, 0) is 55.5 Å². The zero-order valence-electron chi connectivity index (χ0n) is 17.3. The van der Waals surface area contributed by atoms with Gasteiger partial charge in [0.2, 0.25) is 0 Å². The van der Waals surface area contributed by atoms with Gasteiger partial charge in [0.05, 0.1) is 0 Å². The Morgan fingerprint density at radius 3 is 2.38 bits per heavy atom. The van der Waals surface area contributed by atoms with Gasteiger partial charge in [0.15, 0.2) is 5.82 Å². The normalized spacial score (nSPS) is 11.7. The van der Waals surface area contributed by atoms with Crippen molar-refractivity contribution in [3.8, 4) is 11.3 Å². The van der Waals surface area contributed by atoms with Crippen LogP contribution < -0.4 is 16.0 Å². The minimum Gasteiger partial charge on any atom is -0.366 e. The number of anilines is 2. The Morgan fingerprint density at radius 1 is 0.969 bits per heavy atom. The Balaban J connectivity index is 1.44. The van der Waals surface area contributed by atoms with Crippen LogP contribution in [0.25, 0.3) is 22.0 Å². The van der Waals surface area contributed by atoms with Gasteiger partial charge in [-0.2, -0.15) is 0 Å². The highest BCUT2D eigenvalue weighted by Crippen LogP contribution is 2.29. The summed E-state index contributed by atoms with van der Waals surface area (Å²) < 4.78 is 13.3. The Morgan fingerprint density at radius 2 is 1.66 bits per heavy atom. The van der Waals surface area contributed by atoms with E-state index < -0.39 is 0 Å². The summed E-state index contributed by atoms with van der Waals surface area (Å²) in [6.07, 6.45) is 0. The monoisotopic (exact) mass is 449 g/mol. The summed E-state index contributed by atoms with van der Waals surface area (Å²) in [7, 11) is 0. The van der Waals surface area contributed by atoms with Gasteiger partial charge in [-0.3, -0.25) is 0 Å². The summed E-state index contributed by atoms with van der Waals surface area (Å²) >= 11 is 5.86. The second kappa shape index (κ2) is 9.62. The number of hydrogen-bond acceptors (Lipinski definition) is 4. The number of fused-ring (bicyclic) bond motifs is 1. The van der Waals surface area contributed by atoms with Gasteiger partial charge in [0.25, 0.3) is 0 Å². The summed E-state index contributed by atoms with van der Waals surface area (Å²) in [5.74, 6) is 0.309. The summed E-state index contributed by atoms with van der Waals surface area (Å²) in [6, 6.07) is 20.3. The molecule has 32 heavy (non-hydrogen) atoms. The first kappa shape index (κ1) is 21.5. The van der Waals surface area contributed by atoms with Crippen molar-refractivity contribution in [3.05, 3.63) is 83.6 Å². The van der Waals surface area contributed by atoms with E-state index in [2.05, 4.69) is 26.1 Å². The molecule has 0 aliphatic rings. The average Bonchev–Trinajstić information content (AvgIpc) is 2.79. The highest BCUT2D eigenvalue weighted by molar-refractivity contribution is 6.30. The molecule has 4 rings (SSSR count). The molecule has 8 heteroatoms. The average molecular weight is 450 g/mol. The number of nitrogens with zero attached hydrogens (tertiary/aromatic N) is 2. The molecule has 1 heterocycles. The first-order valence-corrected chi connectivity index (χ1v) is 10.5. The molecule has 0 radical (unpaired) electrons. The lowest BCUT2D eigenvalue weighted by Gasteiger charge is -2.17. The van der Waals surface area contributed by atoms with Gasteiger partial charge < -0.3 is 16.0 Å². The summed E-state index contributed by atoms with van der Waals surface area (Å²) in [5, 5.41) is 20.0. The minimum absolute atomic E-state index is 0.181. The number of benzene rings is 3. The number of rotatable bonds is 6. The van der Waals surface area contributed by atoms with Crippen LogP contribution in [0.15, 0.2) is 72.8 Å². The highest BCUT2D eigenvalue weighted by Gasteiger charge is 2.13. The van der Waals surface area contributed by atoms with E-state index in [1.54, 1.807) is 36.4 Å². The van der Waals surface area contributed by atoms with Gasteiger partial charge in [0.1, 0.15) is 11.5 Å². The van der Waals surface area contributed by atoms with E-state index in [1.807, 2.05) is 31.2 Å². The molecule has 1 atom stereocenters. The molecule has 6 nitrogen and oxygen atoms in total. The maximum Gasteiger partial charge on any atom is 0.319 e. The van der Waals surface area contributed by atoms with E-state index in [0.717, 1.165) is 16.3 Å². The predicted molar refractivity (Wildman–Crippen MR) is 126 cm³/mol. The van der Waals surface area contributed by atoms with Crippen LogP contribution in [0.5, 0.6) is 0 Å². The molecule has 0 fully saturated rings. The Bertz CT molecular complexity index is 1230. The molecule has 0 aliphatic carbocycles. The van der Waals surface area contributed by atoms with Crippen molar-refractivity contribution in [1.29, 1.82) is 0 Å². The number of hydrogen-bond donors (Lipinski definition) is 3. The Labute approximate surface area is 189 Å². The van der Waals surface area contributed by atoms with E-state index in [-0.39, 0.29) is 17.9 Å². The van der Waals surface area contributed by atoms with E-state index in [0.29, 0.717) is 28.8 Å². The maximum atomic E-state index is 13.3. The van der Waals surface area contributed by atoms with Gasteiger partial charge in [-0.15, -0.1) is 10.2 Å². The number of carbonyl (C=O) groups excluding carboxylic acids is 1. The molecular formula is C24H21ClFN5O. The van der Waals surface area contributed by atoms with E-state index in [4.69, 9.17) is 11.6 Å². The van der Waals surface area contributed by atoms with Crippen molar-refractivity contribution in [3.63, 3.8) is 0 Å². The lowest BCUT2D eigenvalue weighted by Crippen LogP contribution is -2.40. The largest absolute Gasteiger partial charge is 0.366 e. The van der Waals surface area contributed by atoms with Gasteiger partial charge in [-0.25, -0.2) is 9.18 Å². The minimum atomic E-state index is -0.316. The van der Waals surface area contributed by atoms with Crippen LogP contribution >= 0.6 is 11.6 Å². The van der Waals surface area contributed by atoms with Crippen LogP contribution in [0.1, 0.15) is 6.92 Å². The molecule has 1 aromatic heterocycles. The van der Waals surface area contributed by atoms with Gasteiger partial charge >= 0.3 is 6.03 Å². The molecule has 0 aliphatic heterocycles. The first-order valence-electron chi connectivity index (χ1n) is 10.1. The fourth-order valence-electron chi connectivity index (χ4n) is 3.28. The summed E-state index contributed by atoms with van der Waals surface area (Å²) in [4.78, 5) is 12.2. The van der Waals surface area contributed by atoms with Crippen molar-refractivity contribution in [2.24, 2.45) is 0 Å². The number of urea groups is 1. The van der Waals surface area contributed by atoms with Crippen molar-refractivity contribution < 1.29 is 9.18 Å². The second-order valence-electron chi connectivity index (χ2n) is 7.34. The van der Waals surface area contributed by atoms with E-state index in [9.17, 15) is 9.18 Å². The van der Waals surface area contributed by atoms with Crippen molar-refractivity contribution >= 4 is 39.9 Å². The fourth-order valence-corrected chi connectivity index (χ4v) is 3.41. The summed E-state index contributed by atoms with van der Waals surface area (Å²) in [5.41, 5.74) is 2.12. The highest BCUT2D eigenvalue weighted by atomic mass is 35.5. The van der Waals surface area contributed by atoms with Crippen molar-refractivity contribution in [1.82, 2.24) is 15.5 Å². The Hall–Kier alpha value is -3.71. The van der Waals surface area contributed by atoms with Crippen LogP contribution in [0.2, 0.25) is 5.02 Å². The molecule has 0 unspecified atom stereocenters. The molecule has 0 saturated carbocycles. The number of carbonyl (C=O) groups is 1. The molecule has 2 amide bonds. The zero-order chi connectivity index (χ0) is 22.5. The number of halogens is 2. The van der Waals surface area contributed by atoms with Crippen LogP contribution in [0, 0.1) is 5.82 Å². The molecule has 4 aromatic rings. The fraction of sp³-hybridized carbons (Fsp3) is 0.125. The lowest BCUT2D eigenvalue weighted by atomic mass is 10.0. The van der Waals surface area contributed by atoms with Crippen LogP contribution in [0.4, 0.5) is 20.7 Å². The molecule has 0 saturated heterocycles. The van der Waals surface area contributed by atoms with Crippen LogP contribution in [-0.2, 0) is 0 Å². The third-order valence-corrected chi connectivity index (χ3v) is 5.11. The smallest absolute Gasteiger partial charge is 0.319 e. The summed E-state index contributed by atoms with van der Waals surface area (Å²) in [6.45, 7) is 2.33. The maximum absolute atomic E-state index is 13.3. The third-order valence-electron chi connectivity index (χ3n) is 4.86. The molecule has 0 bridgehead atoms. The van der Waals surface area contributed by atoms with E-state index in [1.165, 1.54) is 12.1 Å². The topological polar surface area (TPSA) is 78.9 Å². The van der Waals surface area contributed by atoms with Crippen molar-refractivity contribution in [2.75, 3.05) is 17.2 Å². The molecule has 0 spiro atoms. The number of aromatic nitrogens is 2. The SMILES string of the molecule is C[C@@H](CNc1nnc(-c2ccc(F)cc2)c2ccccc12)NC(=O)Nc1ccc(Cl)cc1. The molecule has 3 N–H and O–H groups in total. The lowest BCUT2D eigenvalue weighted by molar-refractivity contribution is 0.249. The first-order chi connectivity index (χ1) is 15.5. The second-order valence-corrected chi connectivity index (χ2v) is 7.77. The number of nitrogens with one attached hydrogen (secondary N) is 3.